The number of rotatable bonds is 4. The second-order valence-corrected chi connectivity index (χ2v) is 16.4. The first-order valence-corrected chi connectivity index (χ1v) is 19.6. The molecule has 3 nitrogen and oxygen atoms in total. The molecule has 11 aromatic rings. The van der Waals surface area contributed by atoms with Gasteiger partial charge in [0.25, 0.3) is 0 Å². The lowest BCUT2D eigenvalue weighted by atomic mass is 9.82. The standard InChI is InChI=1S/C51H33NO2S/c1-51(2)41-15-8-6-13-34(41)35-22-20-32(26-42(35)51)52(43-16-10-18-49-50(43)37-14-7-9-17-48(37)55-49)33-21-23-36-39-28-47-40(29-46(39)54-45(36)27-33)38-25-31(19-24-44(38)53-47)30-11-4-3-5-12-30/h3-29H,1-2H3. The van der Waals surface area contributed by atoms with E-state index in [1.807, 2.05) is 17.4 Å². The van der Waals surface area contributed by atoms with Crippen molar-refractivity contribution in [2.75, 3.05) is 4.90 Å². The minimum Gasteiger partial charge on any atom is -0.456 e. The summed E-state index contributed by atoms with van der Waals surface area (Å²) in [7, 11) is 0. The van der Waals surface area contributed by atoms with Gasteiger partial charge in [-0.05, 0) is 100 Å². The van der Waals surface area contributed by atoms with Crippen molar-refractivity contribution < 1.29 is 8.83 Å². The van der Waals surface area contributed by atoms with Crippen LogP contribution in [-0.2, 0) is 5.41 Å². The van der Waals surface area contributed by atoms with Gasteiger partial charge in [-0.1, -0.05) is 105 Å². The smallest absolute Gasteiger partial charge is 0.137 e. The highest BCUT2D eigenvalue weighted by molar-refractivity contribution is 7.26. The predicted molar refractivity (Wildman–Crippen MR) is 232 cm³/mol. The fourth-order valence-corrected chi connectivity index (χ4v) is 10.3. The summed E-state index contributed by atoms with van der Waals surface area (Å²) < 4.78 is 15.8. The maximum atomic E-state index is 6.78. The van der Waals surface area contributed by atoms with E-state index in [9.17, 15) is 0 Å². The average Bonchev–Trinajstić information content (AvgIpc) is 3.95. The second kappa shape index (κ2) is 11.2. The molecule has 0 fully saturated rings. The van der Waals surface area contributed by atoms with Crippen LogP contribution in [0.5, 0.6) is 0 Å². The summed E-state index contributed by atoms with van der Waals surface area (Å²) in [5.74, 6) is 0. The molecule has 0 N–H and O–H groups in total. The molecule has 1 aliphatic carbocycles. The highest BCUT2D eigenvalue weighted by atomic mass is 32.1. The van der Waals surface area contributed by atoms with E-state index < -0.39 is 0 Å². The van der Waals surface area contributed by atoms with E-state index in [1.165, 1.54) is 48.0 Å². The topological polar surface area (TPSA) is 29.5 Å². The number of hydrogen-bond donors (Lipinski definition) is 0. The third-order valence-corrected chi connectivity index (χ3v) is 13.0. The van der Waals surface area contributed by atoms with Crippen LogP contribution in [0.1, 0.15) is 25.0 Å². The maximum Gasteiger partial charge on any atom is 0.137 e. The summed E-state index contributed by atoms with van der Waals surface area (Å²) in [4.78, 5) is 2.43. The third-order valence-electron chi connectivity index (χ3n) is 11.9. The summed E-state index contributed by atoms with van der Waals surface area (Å²) in [6.07, 6.45) is 0. The largest absolute Gasteiger partial charge is 0.456 e. The van der Waals surface area contributed by atoms with E-state index in [0.717, 1.165) is 66.5 Å². The molecule has 55 heavy (non-hydrogen) atoms. The maximum absolute atomic E-state index is 6.78. The molecule has 260 valence electrons. The summed E-state index contributed by atoms with van der Waals surface area (Å²) in [6, 6.07) is 59.2. The van der Waals surface area contributed by atoms with E-state index in [2.05, 4.69) is 176 Å². The molecule has 0 saturated carbocycles. The highest BCUT2D eigenvalue weighted by Crippen LogP contribution is 2.52. The van der Waals surface area contributed by atoms with E-state index >= 15 is 0 Å². The number of fused-ring (bicyclic) bond motifs is 12. The Labute approximate surface area is 321 Å². The van der Waals surface area contributed by atoms with Crippen LogP contribution in [0.25, 0.3) is 86.3 Å². The molecule has 1 aliphatic rings. The zero-order chi connectivity index (χ0) is 36.4. The average molecular weight is 724 g/mol. The molecule has 12 rings (SSSR count). The van der Waals surface area contributed by atoms with Gasteiger partial charge in [-0.3, -0.25) is 0 Å². The SMILES string of the molecule is CC1(C)c2ccccc2-c2ccc(N(c3ccc4c(c3)oc3cc5c(cc34)oc3ccc(-c4ccccc4)cc35)c3cccc4sc5ccccc5c34)cc21. The van der Waals surface area contributed by atoms with Crippen LogP contribution >= 0.6 is 11.3 Å². The van der Waals surface area contributed by atoms with Crippen LogP contribution in [0.15, 0.2) is 173 Å². The minimum atomic E-state index is -0.125. The molecule has 0 saturated heterocycles. The normalized spacial score (nSPS) is 13.4. The second-order valence-electron chi connectivity index (χ2n) is 15.3. The van der Waals surface area contributed by atoms with E-state index in [4.69, 9.17) is 8.83 Å². The zero-order valence-electron chi connectivity index (χ0n) is 30.3. The van der Waals surface area contributed by atoms with Gasteiger partial charge in [-0.15, -0.1) is 11.3 Å². The fourth-order valence-electron chi connectivity index (χ4n) is 9.18. The van der Waals surface area contributed by atoms with Gasteiger partial charge in [0, 0.05) is 64.6 Å². The van der Waals surface area contributed by atoms with Crippen molar-refractivity contribution in [1.82, 2.24) is 0 Å². The molecular formula is C51H33NO2S. The monoisotopic (exact) mass is 723 g/mol. The van der Waals surface area contributed by atoms with Crippen molar-refractivity contribution in [2.45, 2.75) is 19.3 Å². The van der Waals surface area contributed by atoms with Crippen LogP contribution in [0.3, 0.4) is 0 Å². The first-order valence-electron chi connectivity index (χ1n) is 18.8. The lowest BCUT2D eigenvalue weighted by molar-refractivity contribution is 0.660. The molecule has 0 unspecified atom stereocenters. The first kappa shape index (κ1) is 30.8. The van der Waals surface area contributed by atoms with Gasteiger partial charge < -0.3 is 13.7 Å². The van der Waals surface area contributed by atoms with E-state index in [1.54, 1.807) is 0 Å². The Morgan fingerprint density at radius 3 is 2.00 bits per heavy atom. The van der Waals surface area contributed by atoms with Crippen LogP contribution in [0.4, 0.5) is 17.1 Å². The number of nitrogens with zero attached hydrogens (tertiary/aromatic N) is 1. The summed E-state index contributed by atoms with van der Waals surface area (Å²) in [6.45, 7) is 4.70. The van der Waals surface area contributed by atoms with Crippen molar-refractivity contribution in [1.29, 1.82) is 0 Å². The van der Waals surface area contributed by atoms with Gasteiger partial charge >= 0.3 is 0 Å². The molecule has 0 bridgehead atoms. The number of anilines is 3. The van der Waals surface area contributed by atoms with Gasteiger partial charge in [-0.2, -0.15) is 0 Å². The van der Waals surface area contributed by atoms with Gasteiger partial charge in [-0.25, -0.2) is 0 Å². The Bertz CT molecular complexity index is 3360. The molecular weight excluding hydrogens is 691 g/mol. The van der Waals surface area contributed by atoms with Crippen LogP contribution in [0.2, 0.25) is 0 Å². The van der Waals surface area contributed by atoms with Crippen molar-refractivity contribution in [3.63, 3.8) is 0 Å². The van der Waals surface area contributed by atoms with Gasteiger partial charge in [0.05, 0.1) is 5.69 Å². The van der Waals surface area contributed by atoms with Gasteiger partial charge in [0.15, 0.2) is 0 Å². The van der Waals surface area contributed by atoms with Gasteiger partial charge in [0.1, 0.15) is 22.3 Å². The number of furan rings is 2. The molecule has 3 heterocycles. The van der Waals surface area contributed by atoms with Crippen molar-refractivity contribution >= 4 is 92.4 Å². The molecule has 0 atom stereocenters. The summed E-state index contributed by atoms with van der Waals surface area (Å²) in [5, 5.41) is 6.79. The van der Waals surface area contributed by atoms with Gasteiger partial charge in [0.2, 0.25) is 0 Å². The van der Waals surface area contributed by atoms with Crippen molar-refractivity contribution in [2.24, 2.45) is 0 Å². The number of benzene rings is 8. The lowest BCUT2D eigenvalue weighted by Gasteiger charge is -2.28. The summed E-state index contributed by atoms with van der Waals surface area (Å²) >= 11 is 1.85. The molecule has 0 spiro atoms. The Hall–Kier alpha value is -6.62. The Morgan fingerprint density at radius 1 is 0.436 bits per heavy atom. The molecule has 4 heteroatoms. The zero-order valence-corrected chi connectivity index (χ0v) is 31.1. The fraction of sp³-hybridized carbons (Fsp3) is 0.0588. The number of hydrogen-bond acceptors (Lipinski definition) is 4. The van der Waals surface area contributed by atoms with Crippen LogP contribution < -0.4 is 4.90 Å². The molecule has 3 aromatic heterocycles. The summed E-state index contributed by atoms with van der Waals surface area (Å²) in [5.41, 5.74) is 14.3. The van der Waals surface area contributed by atoms with Crippen LogP contribution in [0, 0.1) is 0 Å². The first-order chi connectivity index (χ1) is 27.0. The lowest BCUT2D eigenvalue weighted by Crippen LogP contribution is -2.16. The number of thiophene rings is 1. The molecule has 0 aliphatic heterocycles. The van der Waals surface area contributed by atoms with Crippen molar-refractivity contribution in [3.8, 4) is 22.3 Å². The van der Waals surface area contributed by atoms with E-state index in [0.29, 0.717) is 0 Å². The van der Waals surface area contributed by atoms with Crippen molar-refractivity contribution in [3.05, 3.63) is 175 Å². The Balaban J connectivity index is 1.06. The Kier molecular flexibility index (Phi) is 6.27. The molecule has 0 radical (unpaired) electrons. The molecule has 0 amide bonds. The Morgan fingerprint density at radius 2 is 1.11 bits per heavy atom. The van der Waals surface area contributed by atoms with E-state index in [-0.39, 0.29) is 5.41 Å². The molecule has 8 aromatic carbocycles. The third kappa shape index (κ3) is 4.43. The quantitative estimate of drug-likeness (QED) is 0.181. The minimum absolute atomic E-state index is 0.125. The van der Waals surface area contributed by atoms with Crippen LogP contribution in [-0.4, -0.2) is 0 Å². The predicted octanol–water partition coefficient (Wildman–Crippen LogP) is 15.3. The highest BCUT2D eigenvalue weighted by Gasteiger charge is 2.36.